The first-order chi connectivity index (χ1) is 9.22. The number of hydrogen-bond acceptors (Lipinski definition) is 4. The van der Waals surface area contributed by atoms with Crippen LogP contribution in [0.3, 0.4) is 0 Å². The number of aromatic nitrogens is 1. The average molecular weight is 258 g/mol. The number of fused-ring (bicyclic) bond motifs is 1. The Labute approximate surface area is 112 Å². The predicted molar refractivity (Wildman–Crippen MR) is 77.9 cm³/mol. The Morgan fingerprint density at radius 1 is 1.37 bits per heavy atom. The lowest BCUT2D eigenvalue weighted by Gasteiger charge is -2.10. The number of hydrogen-bond donors (Lipinski definition) is 3. The summed E-state index contributed by atoms with van der Waals surface area (Å²) in [5.74, 6) is -0.0179. The molecule has 100 valence electrons. The molecule has 0 aliphatic rings. The van der Waals surface area contributed by atoms with Crippen molar-refractivity contribution < 1.29 is 4.79 Å². The van der Waals surface area contributed by atoms with Crippen molar-refractivity contribution in [3.05, 3.63) is 30.5 Å². The fourth-order valence-corrected chi connectivity index (χ4v) is 1.85. The van der Waals surface area contributed by atoms with Crippen molar-refractivity contribution in [2.75, 3.05) is 24.1 Å². The number of nitrogens with zero attached hydrogens (tertiary/aromatic N) is 1. The minimum absolute atomic E-state index is 0.0179. The van der Waals surface area contributed by atoms with E-state index < -0.39 is 0 Å². The topological polar surface area (TPSA) is 80.0 Å². The zero-order valence-electron chi connectivity index (χ0n) is 10.9. The van der Waals surface area contributed by atoms with Gasteiger partial charge >= 0.3 is 0 Å². The summed E-state index contributed by atoms with van der Waals surface area (Å²) in [6, 6.07) is 7.45. The Balaban J connectivity index is 2.13. The SMILES string of the molecule is CCCNC(=O)CNc1ccc(N)c2ncccc12. The minimum atomic E-state index is -0.0179. The molecule has 1 aromatic heterocycles. The van der Waals surface area contributed by atoms with E-state index >= 15 is 0 Å². The number of carbonyl (C=O) groups is 1. The van der Waals surface area contributed by atoms with Gasteiger partial charge in [0, 0.05) is 23.8 Å². The van der Waals surface area contributed by atoms with E-state index in [1.54, 1.807) is 12.3 Å². The van der Waals surface area contributed by atoms with Crippen molar-refractivity contribution in [2.45, 2.75) is 13.3 Å². The third kappa shape index (κ3) is 3.13. The van der Waals surface area contributed by atoms with Gasteiger partial charge in [-0.25, -0.2) is 0 Å². The van der Waals surface area contributed by atoms with Crippen LogP contribution in [0.15, 0.2) is 30.5 Å². The highest BCUT2D eigenvalue weighted by atomic mass is 16.1. The summed E-state index contributed by atoms with van der Waals surface area (Å²) in [7, 11) is 0. The maximum Gasteiger partial charge on any atom is 0.239 e. The van der Waals surface area contributed by atoms with Gasteiger partial charge in [0.1, 0.15) is 0 Å². The molecule has 2 rings (SSSR count). The van der Waals surface area contributed by atoms with Crippen molar-refractivity contribution in [2.24, 2.45) is 0 Å². The first-order valence-corrected chi connectivity index (χ1v) is 6.36. The predicted octanol–water partition coefficient (Wildman–Crippen LogP) is 1.76. The number of rotatable bonds is 5. The molecule has 0 aliphatic heterocycles. The molecule has 1 heterocycles. The molecule has 0 bridgehead atoms. The second kappa shape index (κ2) is 6.04. The lowest BCUT2D eigenvalue weighted by molar-refractivity contribution is -0.119. The van der Waals surface area contributed by atoms with E-state index in [9.17, 15) is 4.79 Å². The molecule has 1 aromatic carbocycles. The Bertz CT molecular complexity index is 583. The highest BCUT2D eigenvalue weighted by molar-refractivity contribution is 5.99. The van der Waals surface area contributed by atoms with Crippen molar-refractivity contribution in [1.29, 1.82) is 0 Å². The lowest BCUT2D eigenvalue weighted by atomic mass is 10.1. The third-order valence-corrected chi connectivity index (χ3v) is 2.81. The van der Waals surface area contributed by atoms with E-state index in [4.69, 9.17) is 5.73 Å². The van der Waals surface area contributed by atoms with Gasteiger partial charge in [0.05, 0.1) is 17.7 Å². The van der Waals surface area contributed by atoms with Gasteiger partial charge in [-0.15, -0.1) is 0 Å². The third-order valence-electron chi connectivity index (χ3n) is 2.81. The summed E-state index contributed by atoms with van der Waals surface area (Å²) in [5, 5.41) is 6.86. The summed E-state index contributed by atoms with van der Waals surface area (Å²) in [4.78, 5) is 15.8. The summed E-state index contributed by atoms with van der Waals surface area (Å²) >= 11 is 0. The molecule has 0 unspecified atom stereocenters. The van der Waals surface area contributed by atoms with E-state index in [1.807, 2.05) is 25.1 Å². The van der Waals surface area contributed by atoms with E-state index in [2.05, 4.69) is 15.6 Å². The monoisotopic (exact) mass is 258 g/mol. The van der Waals surface area contributed by atoms with Crippen LogP contribution in [0.5, 0.6) is 0 Å². The number of nitrogens with two attached hydrogens (primary N) is 1. The number of anilines is 2. The normalized spacial score (nSPS) is 10.4. The summed E-state index contributed by atoms with van der Waals surface area (Å²) in [6.07, 6.45) is 2.64. The second-order valence-electron chi connectivity index (χ2n) is 4.31. The van der Waals surface area contributed by atoms with Gasteiger partial charge in [0.15, 0.2) is 0 Å². The van der Waals surface area contributed by atoms with Gasteiger partial charge in [-0.3, -0.25) is 9.78 Å². The summed E-state index contributed by atoms with van der Waals surface area (Å²) in [5.41, 5.74) is 8.13. The maximum absolute atomic E-state index is 11.6. The first-order valence-electron chi connectivity index (χ1n) is 6.36. The number of pyridine rings is 1. The molecule has 2 aromatic rings. The van der Waals surface area contributed by atoms with Gasteiger partial charge in [-0.1, -0.05) is 6.92 Å². The number of benzene rings is 1. The zero-order valence-corrected chi connectivity index (χ0v) is 10.9. The van der Waals surface area contributed by atoms with Gasteiger partial charge in [0.25, 0.3) is 0 Å². The van der Waals surface area contributed by atoms with Crippen molar-refractivity contribution in [1.82, 2.24) is 10.3 Å². The Morgan fingerprint density at radius 3 is 3.00 bits per heavy atom. The van der Waals surface area contributed by atoms with Crippen LogP contribution in [0, 0.1) is 0 Å². The summed E-state index contributed by atoms with van der Waals surface area (Å²) in [6.45, 7) is 2.96. The highest BCUT2D eigenvalue weighted by Gasteiger charge is 2.06. The van der Waals surface area contributed by atoms with Crippen molar-refractivity contribution in [3.8, 4) is 0 Å². The van der Waals surface area contributed by atoms with E-state index in [0.717, 1.165) is 23.0 Å². The lowest BCUT2D eigenvalue weighted by Crippen LogP contribution is -2.30. The molecule has 1 amide bonds. The molecule has 0 spiro atoms. The van der Waals surface area contributed by atoms with E-state index in [1.165, 1.54) is 0 Å². The van der Waals surface area contributed by atoms with E-state index in [-0.39, 0.29) is 12.5 Å². The van der Waals surface area contributed by atoms with Crippen LogP contribution in [0.4, 0.5) is 11.4 Å². The van der Waals surface area contributed by atoms with Crippen LogP contribution in [0.1, 0.15) is 13.3 Å². The van der Waals surface area contributed by atoms with Crippen molar-refractivity contribution in [3.63, 3.8) is 0 Å². The highest BCUT2D eigenvalue weighted by Crippen LogP contribution is 2.25. The first kappa shape index (κ1) is 13.1. The zero-order chi connectivity index (χ0) is 13.7. The molecule has 0 saturated heterocycles. The molecule has 0 radical (unpaired) electrons. The van der Waals surface area contributed by atoms with Gasteiger partial charge in [-0.05, 0) is 30.7 Å². The van der Waals surface area contributed by atoms with Gasteiger partial charge in [-0.2, -0.15) is 0 Å². The molecule has 4 N–H and O–H groups in total. The largest absolute Gasteiger partial charge is 0.397 e. The maximum atomic E-state index is 11.6. The number of nitrogen functional groups attached to an aromatic ring is 1. The molecule has 19 heavy (non-hydrogen) atoms. The summed E-state index contributed by atoms with van der Waals surface area (Å²) < 4.78 is 0. The minimum Gasteiger partial charge on any atom is -0.397 e. The molecule has 0 saturated carbocycles. The second-order valence-corrected chi connectivity index (χ2v) is 4.31. The van der Waals surface area contributed by atoms with Crippen LogP contribution >= 0.6 is 0 Å². The Morgan fingerprint density at radius 2 is 2.21 bits per heavy atom. The van der Waals surface area contributed by atoms with Crippen LogP contribution in [0.2, 0.25) is 0 Å². The Hall–Kier alpha value is -2.30. The van der Waals surface area contributed by atoms with Crippen LogP contribution < -0.4 is 16.4 Å². The van der Waals surface area contributed by atoms with Crippen LogP contribution in [0.25, 0.3) is 10.9 Å². The quantitative estimate of drug-likeness (QED) is 0.714. The molecular weight excluding hydrogens is 240 g/mol. The van der Waals surface area contributed by atoms with Gasteiger partial charge in [0.2, 0.25) is 5.91 Å². The molecule has 5 nitrogen and oxygen atoms in total. The smallest absolute Gasteiger partial charge is 0.239 e. The number of amides is 1. The Kier molecular flexibility index (Phi) is 4.18. The van der Waals surface area contributed by atoms with E-state index in [0.29, 0.717) is 12.2 Å². The number of carbonyl (C=O) groups excluding carboxylic acids is 1. The molecule has 0 atom stereocenters. The molecule has 0 fully saturated rings. The average Bonchev–Trinajstić information content (AvgIpc) is 2.45. The fraction of sp³-hybridized carbons (Fsp3) is 0.286. The molecular formula is C14H18N4O. The van der Waals surface area contributed by atoms with Crippen molar-refractivity contribution >= 4 is 28.2 Å². The fourth-order valence-electron chi connectivity index (χ4n) is 1.85. The van der Waals surface area contributed by atoms with Crippen LogP contribution in [-0.4, -0.2) is 24.0 Å². The van der Waals surface area contributed by atoms with Crippen LogP contribution in [-0.2, 0) is 4.79 Å². The number of nitrogens with one attached hydrogen (secondary N) is 2. The molecule has 0 aliphatic carbocycles. The molecule has 5 heteroatoms. The standard InChI is InChI=1S/C14H18N4O/c1-2-7-16-13(19)9-18-12-6-5-11(15)14-10(12)4-3-8-17-14/h3-6,8,18H,2,7,9,15H2,1H3,(H,16,19). The van der Waals surface area contributed by atoms with Gasteiger partial charge < -0.3 is 16.4 Å².